The van der Waals surface area contributed by atoms with Crippen molar-refractivity contribution in [2.75, 3.05) is 32.0 Å². The van der Waals surface area contributed by atoms with E-state index >= 15 is 0 Å². The second-order valence-electron chi connectivity index (χ2n) is 5.74. The lowest BCUT2D eigenvalue weighted by Gasteiger charge is -2.29. The number of hydrogen-bond donors (Lipinski definition) is 1. The van der Waals surface area contributed by atoms with Crippen molar-refractivity contribution in [1.29, 1.82) is 0 Å². The van der Waals surface area contributed by atoms with Crippen LogP contribution in [0, 0.1) is 5.92 Å². The summed E-state index contributed by atoms with van der Waals surface area (Å²) in [6, 6.07) is 1.81. The Morgan fingerprint density at radius 1 is 1.47 bits per heavy atom. The lowest BCUT2D eigenvalue weighted by Crippen LogP contribution is -2.35. The Morgan fingerprint density at radius 3 is 2.95 bits per heavy atom. The van der Waals surface area contributed by atoms with Gasteiger partial charge in [-0.15, -0.1) is 0 Å². The minimum absolute atomic E-state index is 0.292. The molecule has 2 heterocycles. The van der Waals surface area contributed by atoms with Crippen LogP contribution in [0.2, 0.25) is 5.15 Å². The highest BCUT2D eigenvalue weighted by molar-refractivity contribution is 6.29. The summed E-state index contributed by atoms with van der Waals surface area (Å²) in [6.07, 6.45) is 2.57. The molecule has 4 nitrogen and oxygen atoms in total. The van der Waals surface area contributed by atoms with Gasteiger partial charge in [0.05, 0.1) is 0 Å². The van der Waals surface area contributed by atoms with Crippen molar-refractivity contribution < 1.29 is 0 Å². The first-order chi connectivity index (χ1) is 9.04. The zero-order valence-corrected chi connectivity index (χ0v) is 12.7. The van der Waals surface area contributed by atoms with Crippen molar-refractivity contribution >= 4 is 17.4 Å². The van der Waals surface area contributed by atoms with Crippen molar-refractivity contribution in [1.82, 2.24) is 14.9 Å². The first kappa shape index (κ1) is 14.5. The molecule has 1 N–H and O–H groups in total. The van der Waals surface area contributed by atoms with E-state index in [1.54, 1.807) is 6.07 Å². The zero-order chi connectivity index (χ0) is 13.8. The number of rotatable bonds is 4. The van der Waals surface area contributed by atoms with Gasteiger partial charge in [0.15, 0.2) is 0 Å². The van der Waals surface area contributed by atoms with E-state index < -0.39 is 0 Å². The smallest absolute Gasteiger partial charge is 0.135 e. The summed E-state index contributed by atoms with van der Waals surface area (Å²) >= 11 is 6.04. The van der Waals surface area contributed by atoms with Crippen molar-refractivity contribution in [3.05, 3.63) is 17.0 Å². The molecule has 0 amide bonds. The standard InChI is InChI=1S/C14H23ClN4/c1-10(2)14-17-12(15)7-13(18-14)16-8-11-5-4-6-19(3)9-11/h7,10-11H,4-6,8-9H2,1-3H3,(H,16,17,18). The van der Waals surface area contributed by atoms with Gasteiger partial charge in [0.25, 0.3) is 0 Å². The minimum Gasteiger partial charge on any atom is -0.370 e. The van der Waals surface area contributed by atoms with E-state index in [0.717, 1.165) is 24.7 Å². The average molecular weight is 283 g/mol. The van der Waals surface area contributed by atoms with Crippen LogP contribution in [0.3, 0.4) is 0 Å². The van der Waals surface area contributed by atoms with E-state index in [4.69, 9.17) is 11.6 Å². The predicted molar refractivity (Wildman–Crippen MR) is 79.8 cm³/mol. The molecular formula is C14H23ClN4. The van der Waals surface area contributed by atoms with Gasteiger partial charge in [0, 0.05) is 25.1 Å². The summed E-state index contributed by atoms with van der Waals surface area (Å²) < 4.78 is 0. The lowest BCUT2D eigenvalue weighted by atomic mass is 9.98. The third-order valence-electron chi connectivity index (χ3n) is 3.52. The lowest BCUT2D eigenvalue weighted by molar-refractivity contribution is 0.217. The topological polar surface area (TPSA) is 41.1 Å². The van der Waals surface area contributed by atoms with Crippen LogP contribution in [0.5, 0.6) is 0 Å². The molecule has 1 aromatic rings. The molecule has 2 rings (SSSR count). The molecule has 5 heteroatoms. The number of aromatic nitrogens is 2. The van der Waals surface area contributed by atoms with Crippen LogP contribution in [0.1, 0.15) is 38.4 Å². The molecule has 1 fully saturated rings. The number of nitrogens with zero attached hydrogens (tertiary/aromatic N) is 3. The summed E-state index contributed by atoms with van der Waals surface area (Å²) in [4.78, 5) is 11.2. The van der Waals surface area contributed by atoms with E-state index in [0.29, 0.717) is 17.0 Å². The third-order valence-corrected chi connectivity index (χ3v) is 3.72. The van der Waals surface area contributed by atoms with Gasteiger partial charge in [-0.25, -0.2) is 9.97 Å². The fourth-order valence-electron chi connectivity index (χ4n) is 2.47. The van der Waals surface area contributed by atoms with E-state index in [2.05, 4.69) is 41.1 Å². The Labute approximate surface area is 120 Å². The molecule has 1 aromatic heterocycles. The summed E-state index contributed by atoms with van der Waals surface area (Å²) in [5, 5.41) is 3.92. The quantitative estimate of drug-likeness (QED) is 0.862. The molecule has 19 heavy (non-hydrogen) atoms. The number of hydrogen-bond acceptors (Lipinski definition) is 4. The Morgan fingerprint density at radius 2 is 2.26 bits per heavy atom. The van der Waals surface area contributed by atoms with Gasteiger partial charge >= 0.3 is 0 Å². The maximum Gasteiger partial charge on any atom is 0.135 e. The summed E-state index contributed by atoms with van der Waals surface area (Å²) in [7, 11) is 2.19. The number of halogens is 1. The maximum absolute atomic E-state index is 6.04. The van der Waals surface area contributed by atoms with Crippen molar-refractivity contribution in [2.24, 2.45) is 5.92 Å². The first-order valence-corrected chi connectivity index (χ1v) is 7.39. The molecule has 0 radical (unpaired) electrons. The minimum atomic E-state index is 0.292. The second-order valence-corrected chi connectivity index (χ2v) is 6.13. The number of piperidine rings is 1. The van der Waals surface area contributed by atoms with Crippen LogP contribution in [0.15, 0.2) is 6.07 Å². The van der Waals surface area contributed by atoms with Gasteiger partial charge in [0.1, 0.15) is 16.8 Å². The molecule has 0 saturated carbocycles. The normalized spacial score (nSPS) is 20.8. The van der Waals surface area contributed by atoms with Crippen molar-refractivity contribution in [3.8, 4) is 0 Å². The van der Waals surface area contributed by atoms with E-state index in [-0.39, 0.29) is 0 Å². The van der Waals surface area contributed by atoms with Crippen molar-refractivity contribution in [2.45, 2.75) is 32.6 Å². The fraction of sp³-hybridized carbons (Fsp3) is 0.714. The SMILES string of the molecule is CC(C)c1nc(Cl)cc(NCC2CCCN(C)C2)n1. The van der Waals surface area contributed by atoms with Crippen LogP contribution >= 0.6 is 11.6 Å². The van der Waals surface area contributed by atoms with Crippen LogP contribution in [-0.4, -0.2) is 41.5 Å². The number of anilines is 1. The third kappa shape index (κ3) is 4.32. The number of likely N-dealkylation sites (tertiary alicyclic amines) is 1. The molecule has 106 valence electrons. The van der Waals surface area contributed by atoms with Crippen LogP contribution in [0.25, 0.3) is 0 Å². The number of nitrogens with one attached hydrogen (secondary N) is 1. The van der Waals surface area contributed by atoms with Gasteiger partial charge in [-0.3, -0.25) is 0 Å². The van der Waals surface area contributed by atoms with Crippen LogP contribution in [-0.2, 0) is 0 Å². The molecule has 0 aromatic carbocycles. The van der Waals surface area contributed by atoms with Crippen LogP contribution in [0.4, 0.5) is 5.82 Å². The Balaban J connectivity index is 1.95. The fourth-order valence-corrected chi connectivity index (χ4v) is 2.66. The molecular weight excluding hydrogens is 260 g/mol. The Bertz CT molecular complexity index is 422. The molecule has 1 atom stereocenters. The summed E-state index contributed by atoms with van der Waals surface area (Å²) in [5.41, 5.74) is 0. The molecule has 0 spiro atoms. The monoisotopic (exact) mass is 282 g/mol. The van der Waals surface area contributed by atoms with Gasteiger partial charge in [-0.05, 0) is 32.4 Å². The summed E-state index contributed by atoms with van der Waals surface area (Å²) in [6.45, 7) is 7.47. The molecule has 1 aliphatic rings. The van der Waals surface area contributed by atoms with E-state index in [9.17, 15) is 0 Å². The van der Waals surface area contributed by atoms with Gasteiger partial charge in [-0.2, -0.15) is 0 Å². The highest BCUT2D eigenvalue weighted by Gasteiger charge is 2.17. The van der Waals surface area contributed by atoms with Gasteiger partial charge < -0.3 is 10.2 Å². The second kappa shape index (κ2) is 6.53. The molecule has 0 aliphatic carbocycles. The zero-order valence-electron chi connectivity index (χ0n) is 12.0. The summed E-state index contributed by atoms with van der Waals surface area (Å²) in [5.74, 6) is 2.63. The molecule has 1 aliphatic heterocycles. The van der Waals surface area contributed by atoms with Crippen molar-refractivity contribution in [3.63, 3.8) is 0 Å². The van der Waals surface area contributed by atoms with E-state index in [1.807, 2.05) is 0 Å². The van der Waals surface area contributed by atoms with Crippen LogP contribution < -0.4 is 5.32 Å². The van der Waals surface area contributed by atoms with E-state index in [1.165, 1.54) is 19.4 Å². The maximum atomic E-state index is 6.04. The van der Waals surface area contributed by atoms with Gasteiger partial charge in [0.2, 0.25) is 0 Å². The Hall–Kier alpha value is -0.870. The predicted octanol–water partition coefficient (Wildman–Crippen LogP) is 3.01. The highest BCUT2D eigenvalue weighted by Crippen LogP contribution is 2.19. The highest BCUT2D eigenvalue weighted by atomic mass is 35.5. The molecule has 1 unspecified atom stereocenters. The Kier molecular flexibility index (Phi) is 4.99. The van der Waals surface area contributed by atoms with Gasteiger partial charge in [-0.1, -0.05) is 25.4 Å². The first-order valence-electron chi connectivity index (χ1n) is 7.01. The molecule has 1 saturated heterocycles. The molecule has 0 bridgehead atoms. The average Bonchev–Trinajstić information content (AvgIpc) is 2.36. The largest absolute Gasteiger partial charge is 0.370 e.